The molecule has 7 heteroatoms. The van der Waals surface area contributed by atoms with E-state index in [4.69, 9.17) is 11.6 Å². The number of esters is 1. The van der Waals surface area contributed by atoms with Gasteiger partial charge in [-0.3, -0.25) is 14.4 Å². The van der Waals surface area contributed by atoms with Crippen LogP contribution in [0.3, 0.4) is 0 Å². The number of carbonyl (C=O) groups excluding carboxylic acids is 3. The molecule has 0 aromatic heterocycles. The van der Waals surface area contributed by atoms with E-state index < -0.39 is 5.97 Å². The number of Topliss-reactive ketones (excluding diaryl/α,β-unsaturated/α-hetero) is 1. The number of ketones is 1. The summed E-state index contributed by atoms with van der Waals surface area (Å²) in [6.07, 6.45) is 0.302. The second-order valence-corrected chi connectivity index (χ2v) is 5.31. The van der Waals surface area contributed by atoms with Gasteiger partial charge >= 0.3 is 5.97 Å². The van der Waals surface area contributed by atoms with Crippen molar-refractivity contribution in [2.75, 3.05) is 11.6 Å². The Morgan fingerprint density at radius 1 is 1.30 bits per heavy atom. The van der Waals surface area contributed by atoms with Gasteiger partial charge < -0.3 is 4.74 Å². The number of hydrogen-bond acceptors (Lipinski definition) is 5. The van der Waals surface area contributed by atoms with E-state index in [9.17, 15) is 14.4 Å². The van der Waals surface area contributed by atoms with Gasteiger partial charge in [0, 0.05) is 10.7 Å². The molecule has 0 bridgehead atoms. The highest BCUT2D eigenvalue weighted by atomic mass is 35.5. The highest BCUT2D eigenvalue weighted by Gasteiger charge is 2.22. The first kappa shape index (κ1) is 18.8. The van der Waals surface area contributed by atoms with Crippen molar-refractivity contribution in [3.8, 4) is 0 Å². The van der Waals surface area contributed by atoms with Crippen LogP contribution in [0.4, 0.5) is 5.69 Å². The Morgan fingerprint density at radius 3 is 2.35 bits per heavy atom. The lowest BCUT2D eigenvalue weighted by atomic mass is 10.3. The van der Waals surface area contributed by atoms with Gasteiger partial charge in [-0.15, -0.1) is 0 Å². The van der Waals surface area contributed by atoms with Crippen molar-refractivity contribution in [1.29, 1.82) is 0 Å². The van der Waals surface area contributed by atoms with Crippen LogP contribution in [0, 0.1) is 0 Å². The Morgan fingerprint density at radius 2 is 1.91 bits per heavy atom. The Kier molecular flexibility index (Phi) is 7.41. The molecule has 0 N–H and O–H groups in total. The van der Waals surface area contributed by atoms with Crippen LogP contribution in [0.5, 0.6) is 0 Å². The van der Waals surface area contributed by atoms with Crippen molar-refractivity contribution in [2.24, 2.45) is 5.10 Å². The molecule has 0 spiro atoms. The summed E-state index contributed by atoms with van der Waals surface area (Å²) in [5.41, 5.74) is 1.60. The molecule has 1 amide bonds. The zero-order valence-corrected chi connectivity index (χ0v) is 14.1. The third-order valence-electron chi connectivity index (χ3n) is 2.68. The zero-order valence-electron chi connectivity index (χ0n) is 13.3. The molecule has 0 fully saturated rings. The monoisotopic (exact) mass is 338 g/mol. The SMILES string of the molecule is CC1=NN(c2ccc(Cl)cc2)C(=O)C1.CCOC(=O)CC(C)=O. The highest BCUT2D eigenvalue weighted by Crippen LogP contribution is 2.22. The molecule has 1 aliphatic heterocycles. The van der Waals surface area contributed by atoms with Gasteiger partial charge in [0.2, 0.25) is 0 Å². The molecule has 23 heavy (non-hydrogen) atoms. The number of anilines is 1. The van der Waals surface area contributed by atoms with Gasteiger partial charge in [0.25, 0.3) is 5.91 Å². The van der Waals surface area contributed by atoms with Crippen LogP contribution in [0.2, 0.25) is 5.02 Å². The average Bonchev–Trinajstić information content (AvgIpc) is 2.79. The molecule has 124 valence electrons. The average molecular weight is 339 g/mol. The van der Waals surface area contributed by atoms with E-state index >= 15 is 0 Å². The number of hydrogen-bond donors (Lipinski definition) is 0. The van der Waals surface area contributed by atoms with Crippen molar-refractivity contribution < 1.29 is 19.1 Å². The van der Waals surface area contributed by atoms with E-state index in [1.807, 2.05) is 6.92 Å². The predicted octanol–water partition coefficient (Wildman–Crippen LogP) is 2.98. The molecule has 6 nitrogen and oxygen atoms in total. The molecular weight excluding hydrogens is 320 g/mol. The molecular formula is C16H19ClN2O4. The fourth-order valence-corrected chi connectivity index (χ4v) is 1.88. The first-order valence-corrected chi connectivity index (χ1v) is 7.49. The molecule has 0 saturated heterocycles. The molecule has 1 aromatic carbocycles. The van der Waals surface area contributed by atoms with Crippen LogP contribution >= 0.6 is 11.6 Å². The summed E-state index contributed by atoms with van der Waals surface area (Å²) in [7, 11) is 0. The van der Waals surface area contributed by atoms with Crippen molar-refractivity contribution in [1.82, 2.24) is 0 Å². The first-order valence-electron chi connectivity index (χ1n) is 7.11. The maximum absolute atomic E-state index is 11.4. The molecule has 1 heterocycles. The number of nitrogens with zero attached hydrogens (tertiary/aromatic N) is 2. The lowest BCUT2D eigenvalue weighted by molar-refractivity contribution is -0.145. The molecule has 0 saturated carbocycles. The topological polar surface area (TPSA) is 76.0 Å². The largest absolute Gasteiger partial charge is 0.466 e. The maximum Gasteiger partial charge on any atom is 0.313 e. The summed E-state index contributed by atoms with van der Waals surface area (Å²) in [5.74, 6) is -0.594. The smallest absolute Gasteiger partial charge is 0.313 e. The van der Waals surface area contributed by atoms with E-state index in [1.165, 1.54) is 11.9 Å². The molecule has 0 unspecified atom stereocenters. The predicted molar refractivity (Wildman–Crippen MR) is 88.6 cm³/mol. The molecule has 0 radical (unpaired) electrons. The number of halogens is 1. The summed E-state index contributed by atoms with van der Waals surface area (Å²) in [5, 5.41) is 6.19. The van der Waals surface area contributed by atoms with Crippen molar-refractivity contribution >= 4 is 40.7 Å². The third-order valence-corrected chi connectivity index (χ3v) is 2.94. The first-order chi connectivity index (χ1) is 10.8. The number of carbonyl (C=O) groups is 3. The number of hydrazone groups is 1. The van der Waals surface area contributed by atoms with E-state index in [1.54, 1.807) is 31.2 Å². The van der Waals surface area contributed by atoms with Crippen molar-refractivity contribution in [3.05, 3.63) is 29.3 Å². The lowest BCUT2D eigenvalue weighted by Crippen LogP contribution is -2.19. The number of amides is 1. The number of rotatable bonds is 4. The third kappa shape index (κ3) is 6.61. The van der Waals surface area contributed by atoms with Gasteiger partial charge in [-0.1, -0.05) is 11.6 Å². The van der Waals surface area contributed by atoms with Gasteiger partial charge in [0.05, 0.1) is 18.7 Å². The Labute approximate surface area is 140 Å². The van der Waals surface area contributed by atoms with Crippen LogP contribution in [-0.2, 0) is 19.1 Å². The molecule has 2 rings (SSSR count). The number of benzene rings is 1. The Hall–Kier alpha value is -2.21. The summed E-state index contributed by atoms with van der Waals surface area (Å²) in [6, 6.07) is 7.05. The number of ether oxygens (including phenoxy) is 1. The van der Waals surface area contributed by atoms with E-state index in [-0.39, 0.29) is 18.1 Å². The minimum Gasteiger partial charge on any atom is -0.466 e. The zero-order chi connectivity index (χ0) is 17.4. The van der Waals surface area contributed by atoms with Crippen LogP contribution < -0.4 is 5.01 Å². The summed E-state index contributed by atoms with van der Waals surface area (Å²) >= 11 is 5.74. The van der Waals surface area contributed by atoms with Gasteiger partial charge in [0.1, 0.15) is 12.2 Å². The fraction of sp³-hybridized carbons (Fsp3) is 0.375. The molecule has 0 atom stereocenters. The standard InChI is InChI=1S/C10H9ClN2O.C6H10O3/c1-7-6-10(14)13(12-7)9-4-2-8(11)3-5-9;1-3-9-6(8)4-5(2)7/h2-5H,6H2,1H3;3-4H2,1-2H3. The molecule has 1 aromatic rings. The maximum atomic E-state index is 11.4. The quantitative estimate of drug-likeness (QED) is 0.624. The van der Waals surface area contributed by atoms with Gasteiger partial charge in [-0.2, -0.15) is 5.10 Å². The molecule has 1 aliphatic rings. The second kappa shape index (κ2) is 9.05. The highest BCUT2D eigenvalue weighted by molar-refractivity contribution is 6.30. The van der Waals surface area contributed by atoms with E-state index in [2.05, 4.69) is 9.84 Å². The summed E-state index contributed by atoms with van der Waals surface area (Å²) < 4.78 is 4.49. The van der Waals surface area contributed by atoms with Crippen molar-refractivity contribution in [2.45, 2.75) is 33.6 Å². The van der Waals surface area contributed by atoms with Gasteiger partial charge in [-0.25, -0.2) is 5.01 Å². The van der Waals surface area contributed by atoms with Gasteiger partial charge in [0.15, 0.2) is 0 Å². The fourth-order valence-electron chi connectivity index (χ4n) is 1.75. The summed E-state index contributed by atoms with van der Waals surface area (Å²) in [6.45, 7) is 5.24. The van der Waals surface area contributed by atoms with E-state index in [0.29, 0.717) is 18.1 Å². The van der Waals surface area contributed by atoms with E-state index in [0.717, 1.165) is 11.4 Å². The minimum absolute atomic E-state index is 0.00447. The lowest BCUT2D eigenvalue weighted by Gasteiger charge is -2.10. The van der Waals surface area contributed by atoms with Crippen LogP contribution in [0.15, 0.2) is 29.4 Å². The van der Waals surface area contributed by atoms with Crippen LogP contribution in [0.1, 0.15) is 33.6 Å². The normalized spacial score (nSPS) is 13.1. The molecule has 0 aliphatic carbocycles. The minimum atomic E-state index is -0.440. The van der Waals surface area contributed by atoms with Gasteiger partial charge in [-0.05, 0) is 45.0 Å². The van der Waals surface area contributed by atoms with Crippen LogP contribution in [-0.4, -0.2) is 30.0 Å². The second-order valence-electron chi connectivity index (χ2n) is 4.88. The Bertz CT molecular complexity index is 611. The van der Waals surface area contributed by atoms with Crippen molar-refractivity contribution in [3.63, 3.8) is 0 Å². The van der Waals surface area contributed by atoms with Crippen LogP contribution in [0.25, 0.3) is 0 Å². The summed E-state index contributed by atoms with van der Waals surface area (Å²) in [4.78, 5) is 32.1. The Balaban J connectivity index is 0.000000257.